The minimum Gasteiger partial charge on any atom is -0.368 e. The molecular weight excluding hydrogens is 328 g/mol. The third kappa shape index (κ3) is 2.73. The Labute approximate surface area is 151 Å². The van der Waals surface area contributed by atoms with Gasteiger partial charge in [0, 0.05) is 60.9 Å². The number of H-pyrrole nitrogens is 1. The molecule has 7 heteroatoms. The average Bonchev–Trinajstić information content (AvgIpc) is 3.16. The summed E-state index contributed by atoms with van der Waals surface area (Å²) in [5, 5.41) is 12.0. The Hall–Kier alpha value is -3.14. The average molecular weight is 348 g/mol. The van der Waals surface area contributed by atoms with Gasteiger partial charge in [-0.3, -0.25) is 9.78 Å². The zero-order valence-electron chi connectivity index (χ0n) is 14.6. The van der Waals surface area contributed by atoms with Crippen molar-refractivity contribution in [2.24, 2.45) is 0 Å². The minimum atomic E-state index is -0.118. The van der Waals surface area contributed by atoms with Crippen LogP contribution in [-0.2, 0) is 4.79 Å². The molecule has 4 rings (SSSR count). The molecule has 3 aromatic rings. The third-order valence-electron chi connectivity index (χ3n) is 5.19. The highest BCUT2D eigenvalue weighted by Gasteiger charge is 2.27. The predicted octanol–water partition coefficient (Wildman–Crippen LogP) is 2.45. The first-order valence-electron chi connectivity index (χ1n) is 8.76. The maximum Gasteiger partial charge on any atom is 0.236 e. The first kappa shape index (κ1) is 16.3. The van der Waals surface area contributed by atoms with E-state index in [2.05, 4.69) is 19.9 Å². The number of piperidine rings is 1. The first-order valence-corrected chi connectivity index (χ1v) is 8.76. The molecule has 0 radical (unpaired) electrons. The Morgan fingerprint density at radius 2 is 2.35 bits per heavy atom. The molecule has 132 valence electrons. The van der Waals surface area contributed by atoms with Crippen LogP contribution in [0.4, 0.5) is 5.69 Å². The standard InChI is InChI=1S/C19H20N6O/c1-24(17(26)4-6-20)14-3-2-8-25(12-14)16-11-21-9-13-10-23-19-15(18(13)16)5-7-22-19/h5,7,9-11,14H,2-4,8,12H2,1H3,(H,22,23). The minimum absolute atomic E-state index is 0.0710. The third-order valence-corrected chi connectivity index (χ3v) is 5.19. The number of nitrogens with zero attached hydrogens (tertiary/aromatic N) is 5. The van der Waals surface area contributed by atoms with Gasteiger partial charge in [0.25, 0.3) is 0 Å². The van der Waals surface area contributed by atoms with E-state index < -0.39 is 0 Å². The number of carbonyl (C=O) groups excluding carboxylic acids is 1. The lowest BCUT2D eigenvalue weighted by Crippen LogP contribution is -2.48. The topological polar surface area (TPSA) is 88.9 Å². The first-order chi connectivity index (χ1) is 12.7. The number of hydrogen-bond donors (Lipinski definition) is 1. The van der Waals surface area contributed by atoms with Crippen LogP contribution in [0.5, 0.6) is 0 Å². The van der Waals surface area contributed by atoms with E-state index in [1.807, 2.05) is 36.9 Å². The Morgan fingerprint density at radius 1 is 1.46 bits per heavy atom. The van der Waals surface area contributed by atoms with Crippen LogP contribution in [0.25, 0.3) is 21.8 Å². The van der Waals surface area contributed by atoms with E-state index in [0.717, 1.165) is 53.4 Å². The van der Waals surface area contributed by atoms with Crippen molar-refractivity contribution in [1.29, 1.82) is 5.26 Å². The molecule has 3 aromatic heterocycles. The highest BCUT2D eigenvalue weighted by molar-refractivity contribution is 6.10. The van der Waals surface area contributed by atoms with E-state index in [0.29, 0.717) is 0 Å². The molecule has 26 heavy (non-hydrogen) atoms. The van der Waals surface area contributed by atoms with Crippen molar-refractivity contribution in [3.8, 4) is 6.07 Å². The number of hydrogen-bond acceptors (Lipinski definition) is 5. The fraction of sp³-hybridized carbons (Fsp3) is 0.368. The lowest BCUT2D eigenvalue weighted by atomic mass is 10.0. The second kappa shape index (κ2) is 6.64. The fourth-order valence-electron chi connectivity index (χ4n) is 3.79. The van der Waals surface area contributed by atoms with Gasteiger partial charge >= 0.3 is 0 Å². The summed E-state index contributed by atoms with van der Waals surface area (Å²) in [6.07, 6.45) is 9.34. The number of carbonyl (C=O) groups is 1. The van der Waals surface area contributed by atoms with Crippen LogP contribution in [0.1, 0.15) is 19.3 Å². The number of likely N-dealkylation sites (N-methyl/N-ethyl adjacent to an activating group) is 1. The SMILES string of the molecule is CN(C(=O)CC#N)C1CCCN(c2cncc3cnc4[nH]ccc4c23)C1. The molecule has 1 fully saturated rings. The van der Waals surface area contributed by atoms with E-state index in [1.165, 1.54) is 0 Å². The number of anilines is 1. The number of nitrogens with one attached hydrogen (secondary N) is 1. The summed E-state index contributed by atoms with van der Waals surface area (Å²) in [5.41, 5.74) is 1.93. The quantitative estimate of drug-likeness (QED) is 0.785. The van der Waals surface area contributed by atoms with Gasteiger partial charge in [-0.2, -0.15) is 5.26 Å². The monoisotopic (exact) mass is 348 g/mol. The van der Waals surface area contributed by atoms with Crippen molar-refractivity contribution in [1.82, 2.24) is 19.9 Å². The zero-order valence-corrected chi connectivity index (χ0v) is 14.6. The summed E-state index contributed by atoms with van der Waals surface area (Å²) < 4.78 is 0. The molecule has 1 amide bonds. The van der Waals surface area contributed by atoms with Gasteiger partial charge in [0.1, 0.15) is 12.1 Å². The molecule has 7 nitrogen and oxygen atoms in total. The van der Waals surface area contributed by atoms with Crippen molar-refractivity contribution in [3.63, 3.8) is 0 Å². The number of pyridine rings is 2. The fourth-order valence-corrected chi connectivity index (χ4v) is 3.79. The van der Waals surface area contributed by atoms with Gasteiger partial charge in [-0.1, -0.05) is 0 Å². The molecule has 0 aliphatic carbocycles. The van der Waals surface area contributed by atoms with Crippen molar-refractivity contribution in [2.45, 2.75) is 25.3 Å². The van der Waals surface area contributed by atoms with E-state index in [4.69, 9.17) is 5.26 Å². The molecule has 1 N–H and O–H groups in total. The molecule has 0 spiro atoms. The van der Waals surface area contributed by atoms with E-state index in [9.17, 15) is 4.79 Å². The van der Waals surface area contributed by atoms with Crippen LogP contribution >= 0.6 is 0 Å². The number of nitriles is 1. The molecule has 0 aromatic carbocycles. The number of aromatic amines is 1. The van der Waals surface area contributed by atoms with Gasteiger partial charge in [-0.25, -0.2) is 4.98 Å². The Bertz CT molecular complexity index is 1000. The second-order valence-corrected chi connectivity index (χ2v) is 6.70. The lowest BCUT2D eigenvalue weighted by Gasteiger charge is -2.39. The molecule has 1 saturated heterocycles. The number of fused-ring (bicyclic) bond motifs is 3. The maximum atomic E-state index is 12.1. The Kier molecular flexibility index (Phi) is 4.17. The lowest BCUT2D eigenvalue weighted by molar-refractivity contribution is -0.131. The Balaban J connectivity index is 1.70. The predicted molar refractivity (Wildman–Crippen MR) is 99.6 cm³/mol. The van der Waals surface area contributed by atoms with Gasteiger partial charge in [-0.15, -0.1) is 0 Å². The van der Waals surface area contributed by atoms with Crippen LogP contribution in [0.15, 0.2) is 30.9 Å². The van der Waals surface area contributed by atoms with Gasteiger partial charge in [-0.05, 0) is 18.9 Å². The van der Waals surface area contributed by atoms with Crippen LogP contribution < -0.4 is 4.90 Å². The highest BCUT2D eigenvalue weighted by Crippen LogP contribution is 2.33. The van der Waals surface area contributed by atoms with E-state index in [1.54, 1.807) is 11.9 Å². The van der Waals surface area contributed by atoms with Crippen LogP contribution in [0.2, 0.25) is 0 Å². The summed E-state index contributed by atoms with van der Waals surface area (Å²) in [7, 11) is 1.80. The van der Waals surface area contributed by atoms with Crippen LogP contribution in [-0.4, -0.2) is 51.9 Å². The molecule has 1 aliphatic heterocycles. The van der Waals surface area contributed by atoms with Crippen LogP contribution in [0, 0.1) is 11.3 Å². The van der Waals surface area contributed by atoms with E-state index in [-0.39, 0.29) is 18.4 Å². The van der Waals surface area contributed by atoms with Crippen LogP contribution in [0.3, 0.4) is 0 Å². The smallest absolute Gasteiger partial charge is 0.236 e. The molecule has 1 atom stereocenters. The van der Waals surface area contributed by atoms with Crippen molar-refractivity contribution in [2.75, 3.05) is 25.0 Å². The Morgan fingerprint density at radius 3 is 3.19 bits per heavy atom. The molecule has 4 heterocycles. The van der Waals surface area contributed by atoms with Gasteiger partial charge < -0.3 is 14.8 Å². The van der Waals surface area contributed by atoms with Gasteiger partial charge in [0.2, 0.25) is 5.91 Å². The normalized spacial score (nSPS) is 17.4. The summed E-state index contributed by atoms with van der Waals surface area (Å²) in [6.45, 7) is 1.66. The summed E-state index contributed by atoms with van der Waals surface area (Å²) >= 11 is 0. The molecular formula is C19H20N6O. The molecule has 0 bridgehead atoms. The second-order valence-electron chi connectivity index (χ2n) is 6.70. The number of aromatic nitrogens is 3. The van der Waals surface area contributed by atoms with Gasteiger partial charge in [0.05, 0.1) is 18.0 Å². The molecule has 1 unspecified atom stereocenters. The van der Waals surface area contributed by atoms with Crippen molar-refractivity contribution in [3.05, 3.63) is 30.9 Å². The summed E-state index contributed by atoms with van der Waals surface area (Å²) in [4.78, 5) is 28.1. The summed E-state index contributed by atoms with van der Waals surface area (Å²) in [5.74, 6) is -0.118. The highest BCUT2D eigenvalue weighted by atomic mass is 16.2. The van der Waals surface area contributed by atoms with Gasteiger partial charge in [0.15, 0.2) is 0 Å². The number of amides is 1. The number of rotatable bonds is 3. The van der Waals surface area contributed by atoms with E-state index >= 15 is 0 Å². The maximum absolute atomic E-state index is 12.1. The molecule has 1 aliphatic rings. The van der Waals surface area contributed by atoms with Crippen molar-refractivity contribution >= 4 is 33.4 Å². The zero-order chi connectivity index (χ0) is 18.1. The van der Waals surface area contributed by atoms with Crippen molar-refractivity contribution < 1.29 is 4.79 Å². The summed E-state index contributed by atoms with van der Waals surface area (Å²) in [6, 6.07) is 4.09. The molecule has 0 saturated carbocycles. The largest absolute Gasteiger partial charge is 0.368 e.